The average molecular weight is 369 g/mol. The molecule has 2 N–H and O–H groups in total. The summed E-state index contributed by atoms with van der Waals surface area (Å²) < 4.78 is 10.4. The first-order valence-corrected chi connectivity index (χ1v) is 8.19. The molecule has 1 atom stereocenters. The van der Waals surface area contributed by atoms with Gasteiger partial charge in [0.2, 0.25) is 11.8 Å². The normalized spacial score (nSPS) is 11.0. The van der Waals surface area contributed by atoms with Crippen LogP contribution in [-0.4, -0.2) is 34.6 Å². The van der Waals surface area contributed by atoms with Crippen molar-refractivity contribution in [2.45, 2.75) is 26.8 Å². The fraction of sp³-hybridized carbons (Fsp3) is 0.278. The number of esters is 1. The van der Waals surface area contributed by atoms with E-state index < -0.39 is 18.0 Å². The standard InChI is InChI=1S/C18H19N5O4/c1-4-26-16(24)12(3)21-18(25)23-17-20-11(2)9-15(22-17)27-14-7-5-13(10-19)6-8-14/h5-9,12H,4H2,1-3H3,(H2,20,21,22,23,25). The van der Waals surface area contributed by atoms with Gasteiger partial charge in [0.05, 0.1) is 18.2 Å². The number of urea groups is 1. The molecule has 0 bridgehead atoms. The van der Waals surface area contributed by atoms with E-state index in [1.807, 2.05) is 6.07 Å². The van der Waals surface area contributed by atoms with Crippen molar-refractivity contribution < 1.29 is 19.1 Å². The molecular formula is C18H19N5O4. The van der Waals surface area contributed by atoms with Crippen molar-refractivity contribution in [1.29, 1.82) is 5.26 Å². The summed E-state index contributed by atoms with van der Waals surface area (Å²) >= 11 is 0. The first kappa shape index (κ1) is 19.7. The Labute approximate surface area is 156 Å². The predicted octanol–water partition coefficient (Wildman–Crippen LogP) is 2.52. The summed E-state index contributed by atoms with van der Waals surface area (Å²) in [5.74, 6) is 0.189. The third-order valence-corrected chi connectivity index (χ3v) is 3.25. The number of aromatic nitrogens is 2. The molecule has 0 spiro atoms. The van der Waals surface area contributed by atoms with E-state index in [0.29, 0.717) is 17.0 Å². The number of aryl methyl sites for hydroxylation is 1. The van der Waals surface area contributed by atoms with Crippen molar-refractivity contribution in [2.24, 2.45) is 0 Å². The molecule has 2 aromatic rings. The number of nitriles is 1. The molecule has 9 nitrogen and oxygen atoms in total. The number of carbonyl (C=O) groups excluding carboxylic acids is 2. The van der Waals surface area contributed by atoms with Gasteiger partial charge in [0.15, 0.2) is 0 Å². The van der Waals surface area contributed by atoms with E-state index in [0.717, 1.165) is 0 Å². The molecule has 1 heterocycles. The van der Waals surface area contributed by atoms with E-state index in [-0.39, 0.29) is 18.4 Å². The highest BCUT2D eigenvalue weighted by molar-refractivity contribution is 5.91. The number of nitrogens with one attached hydrogen (secondary N) is 2. The van der Waals surface area contributed by atoms with Gasteiger partial charge in [-0.3, -0.25) is 5.32 Å². The lowest BCUT2D eigenvalue weighted by Gasteiger charge is -2.13. The highest BCUT2D eigenvalue weighted by atomic mass is 16.5. The van der Waals surface area contributed by atoms with E-state index in [2.05, 4.69) is 20.6 Å². The highest BCUT2D eigenvalue weighted by Gasteiger charge is 2.17. The molecule has 0 fully saturated rings. The smallest absolute Gasteiger partial charge is 0.328 e. The summed E-state index contributed by atoms with van der Waals surface area (Å²) in [4.78, 5) is 31.8. The van der Waals surface area contributed by atoms with Crippen molar-refractivity contribution in [3.8, 4) is 17.7 Å². The number of carbonyl (C=O) groups is 2. The van der Waals surface area contributed by atoms with Gasteiger partial charge in [-0.1, -0.05) is 0 Å². The zero-order chi connectivity index (χ0) is 19.8. The molecule has 0 saturated carbocycles. The number of benzene rings is 1. The van der Waals surface area contributed by atoms with Crippen LogP contribution in [0.2, 0.25) is 0 Å². The summed E-state index contributed by atoms with van der Waals surface area (Å²) in [5, 5.41) is 13.7. The summed E-state index contributed by atoms with van der Waals surface area (Å²) in [6.07, 6.45) is 0. The molecule has 9 heteroatoms. The van der Waals surface area contributed by atoms with Crippen LogP contribution < -0.4 is 15.4 Å². The molecule has 27 heavy (non-hydrogen) atoms. The van der Waals surface area contributed by atoms with Crippen molar-refractivity contribution in [3.63, 3.8) is 0 Å². The summed E-state index contributed by atoms with van der Waals surface area (Å²) in [5.41, 5.74) is 1.08. The van der Waals surface area contributed by atoms with Gasteiger partial charge < -0.3 is 14.8 Å². The lowest BCUT2D eigenvalue weighted by atomic mass is 10.2. The molecule has 2 rings (SSSR count). The molecule has 2 amide bonds. The van der Waals surface area contributed by atoms with Gasteiger partial charge >= 0.3 is 12.0 Å². The Balaban J connectivity index is 2.04. The SMILES string of the molecule is CCOC(=O)C(C)NC(=O)Nc1nc(C)cc(Oc2ccc(C#N)cc2)n1. The Bertz CT molecular complexity index is 861. The van der Waals surface area contributed by atoms with E-state index >= 15 is 0 Å². The van der Waals surface area contributed by atoms with Crippen molar-refractivity contribution in [3.05, 3.63) is 41.6 Å². The average Bonchev–Trinajstić information content (AvgIpc) is 2.61. The Kier molecular flexibility index (Phi) is 6.66. The van der Waals surface area contributed by atoms with Gasteiger partial charge in [-0.25, -0.2) is 14.6 Å². The van der Waals surface area contributed by atoms with Crippen LogP contribution in [0, 0.1) is 18.3 Å². The molecule has 0 aliphatic heterocycles. The maximum absolute atomic E-state index is 12.0. The minimum atomic E-state index is -0.816. The van der Waals surface area contributed by atoms with E-state index in [4.69, 9.17) is 14.7 Å². The lowest BCUT2D eigenvalue weighted by molar-refractivity contribution is -0.144. The second kappa shape index (κ2) is 9.15. The number of ether oxygens (including phenoxy) is 2. The monoisotopic (exact) mass is 369 g/mol. The zero-order valence-electron chi connectivity index (χ0n) is 15.1. The topological polar surface area (TPSA) is 126 Å². The Morgan fingerprint density at radius 2 is 1.96 bits per heavy atom. The first-order valence-electron chi connectivity index (χ1n) is 8.19. The number of rotatable bonds is 6. The summed E-state index contributed by atoms with van der Waals surface area (Å²) in [6, 6.07) is 8.66. The molecule has 0 saturated heterocycles. The van der Waals surface area contributed by atoms with Crippen LogP contribution in [-0.2, 0) is 9.53 Å². The molecule has 0 aliphatic rings. The van der Waals surface area contributed by atoms with Crippen LogP contribution in [0.3, 0.4) is 0 Å². The number of anilines is 1. The quantitative estimate of drug-likeness (QED) is 0.749. The van der Waals surface area contributed by atoms with Crippen LogP contribution in [0.4, 0.5) is 10.7 Å². The van der Waals surface area contributed by atoms with Crippen molar-refractivity contribution in [1.82, 2.24) is 15.3 Å². The van der Waals surface area contributed by atoms with Crippen molar-refractivity contribution >= 4 is 17.9 Å². The van der Waals surface area contributed by atoms with Gasteiger partial charge in [-0.15, -0.1) is 0 Å². The van der Waals surface area contributed by atoms with Crippen LogP contribution in [0.5, 0.6) is 11.6 Å². The minimum Gasteiger partial charge on any atom is -0.464 e. The van der Waals surface area contributed by atoms with E-state index in [1.54, 1.807) is 44.2 Å². The minimum absolute atomic E-state index is 0.0206. The maximum Gasteiger partial charge on any atom is 0.328 e. The molecule has 1 aromatic carbocycles. The third-order valence-electron chi connectivity index (χ3n) is 3.25. The number of hydrogen-bond donors (Lipinski definition) is 2. The maximum atomic E-state index is 12.0. The second-order valence-electron chi connectivity index (χ2n) is 5.48. The van der Waals surface area contributed by atoms with Crippen LogP contribution in [0.1, 0.15) is 25.1 Å². The number of hydrogen-bond acceptors (Lipinski definition) is 7. The third kappa shape index (κ3) is 5.97. The van der Waals surface area contributed by atoms with Gasteiger partial charge in [0, 0.05) is 11.8 Å². The van der Waals surface area contributed by atoms with Crippen molar-refractivity contribution in [2.75, 3.05) is 11.9 Å². The lowest BCUT2D eigenvalue weighted by Crippen LogP contribution is -2.42. The molecule has 0 radical (unpaired) electrons. The van der Waals surface area contributed by atoms with Crippen LogP contribution in [0.25, 0.3) is 0 Å². The van der Waals surface area contributed by atoms with Crippen LogP contribution >= 0.6 is 0 Å². The Morgan fingerprint density at radius 3 is 2.59 bits per heavy atom. The Hall–Kier alpha value is -3.67. The van der Waals surface area contributed by atoms with Gasteiger partial charge in [-0.2, -0.15) is 10.2 Å². The molecule has 1 unspecified atom stereocenters. The van der Waals surface area contributed by atoms with Crippen LogP contribution in [0.15, 0.2) is 30.3 Å². The largest absolute Gasteiger partial charge is 0.464 e. The van der Waals surface area contributed by atoms with Gasteiger partial charge in [-0.05, 0) is 45.0 Å². The fourth-order valence-corrected chi connectivity index (χ4v) is 2.03. The first-order chi connectivity index (χ1) is 12.9. The summed E-state index contributed by atoms with van der Waals surface area (Å²) in [6.45, 7) is 5.13. The predicted molar refractivity (Wildman–Crippen MR) is 96.2 cm³/mol. The number of amides is 2. The zero-order valence-corrected chi connectivity index (χ0v) is 15.1. The fourth-order valence-electron chi connectivity index (χ4n) is 2.03. The van der Waals surface area contributed by atoms with Gasteiger partial charge in [0.25, 0.3) is 0 Å². The van der Waals surface area contributed by atoms with E-state index in [1.165, 1.54) is 6.92 Å². The molecular weight excluding hydrogens is 350 g/mol. The molecule has 1 aromatic heterocycles. The second-order valence-corrected chi connectivity index (χ2v) is 5.48. The number of nitrogens with zero attached hydrogens (tertiary/aromatic N) is 3. The van der Waals surface area contributed by atoms with E-state index in [9.17, 15) is 9.59 Å². The molecule has 140 valence electrons. The Morgan fingerprint density at radius 1 is 1.26 bits per heavy atom. The molecule has 0 aliphatic carbocycles. The highest BCUT2D eigenvalue weighted by Crippen LogP contribution is 2.21. The summed E-state index contributed by atoms with van der Waals surface area (Å²) in [7, 11) is 0. The van der Waals surface area contributed by atoms with Gasteiger partial charge in [0.1, 0.15) is 11.8 Å².